The Morgan fingerprint density at radius 1 is 1.36 bits per heavy atom. The van der Waals surface area contributed by atoms with Gasteiger partial charge in [0.05, 0.1) is 17.8 Å². The second-order valence-corrected chi connectivity index (χ2v) is 5.84. The summed E-state index contributed by atoms with van der Waals surface area (Å²) < 4.78 is 13.5. The molecule has 0 aliphatic carbocycles. The monoisotopic (exact) mass is 349 g/mol. The molecule has 1 atom stereocenters. The van der Waals surface area contributed by atoms with Gasteiger partial charge in [0, 0.05) is 24.2 Å². The molecule has 0 radical (unpaired) electrons. The van der Waals surface area contributed by atoms with Crippen molar-refractivity contribution < 1.29 is 19.4 Å². The van der Waals surface area contributed by atoms with E-state index in [0.29, 0.717) is 23.0 Å². The van der Waals surface area contributed by atoms with Crippen molar-refractivity contribution in [1.82, 2.24) is 10.4 Å². The van der Waals surface area contributed by atoms with Gasteiger partial charge in [-0.1, -0.05) is 26.2 Å². The number of carboxylic acids is 1. The van der Waals surface area contributed by atoms with Crippen LogP contribution >= 0.6 is 0 Å². The first-order chi connectivity index (χ1) is 12.1. The molecule has 3 N–H and O–H groups in total. The van der Waals surface area contributed by atoms with Gasteiger partial charge in [0.1, 0.15) is 11.9 Å². The maximum Gasteiger partial charge on any atom is 0.327 e. The Bertz CT molecular complexity index is 711. The van der Waals surface area contributed by atoms with Crippen LogP contribution in [0.5, 0.6) is 0 Å². The fourth-order valence-electron chi connectivity index (χ4n) is 2.80. The molecule has 0 saturated heterocycles. The zero-order chi connectivity index (χ0) is 18.2. The van der Waals surface area contributed by atoms with Gasteiger partial charge < -0.3 is 10.2 Å². The van der Waals surface area contributed by atoms with Crippen molar-refractivity contribution >= 4 is 22.6 Å². The van der Waals surface area contributed by atoms with E-state index in [1.807, 2.05) is 0 Å². The Kier molecular flexibility index (Phi) is 7.09. The van der Waals surface area contributed by atoms with E-state index in [4.69, 9.17) is 5.11 Å². The van der Waals surface area contributed by atoms with Crippen molar-refractivity contribution in [2.75, 3.05) is 18.2 Å². The number of hydrogen-bond acceptors (Lipinski definition) is 5. The quantitative estimate of drug-likeness (QED) is 0.452. The van der Waals surface area contributed by atoms with E-state index < -0.39 is 17.8 Å². The summed E-state index contributed by atoms with van der Waals surface area (Å²) in [6.07, 6.45) is 4.71. The minimum Gasteiger partial charge on any atom is -0.480 e. The minimum absolute atomic E-state index is 0.130. The van der Waals surface area contributed by atoms with Gasteiger partial charge in [-0.25, -0.2) is 14.6 Å². The van der Waals surface area contributed by atoms with Crippen molar-refractivity contribution in [3.05, 3.63) is 36.3 Å². The number of aliphatic carboxylic acids is 1. The number of carbonyl (C=O) groups is 1. The summed E-state index contributed by atoms with van der Waals surface area (Å²) in [6.45, 7) is 2.14. The summed E-state index contributed by atoms with van der Waals surface area (Å²) in [5.41, 5.74) is 4.03. The van der Waals surface area contributed by atoms with Gasteiger partial charge in [0.15, 0.2) is 0 Å². The van der Waals surface area contributed by atoms with Crippen LogP contribution < -0.4 is 10.4 Å². The molecule has 1 aromatic heterocycles. The van der Waals surface area contributed by atoms with Crippen molar-refractivity contribution in [3.8, 4) is 0 Å². The number of benzene rings is 1. The van der Waals surface area contributed by atoms with E-state index in [9.17, 15) is 14.3 Å². The fourth-order valence-corrected chi connectivity index (χ4v) is 2.80. The molecule has 0 bridgehead atoms. The lowest BCUT2D eigenvalue weighted by molar-refractivity contribution is -0.139. The summed E-state index contributed by atoms with van der Waals surface area (Å²) in [7, 11) is 0. The van der Waals surface area contributed by atoms with Crippen LogP contribution in [-0.2, 0) is 4.79 Å². The topological polar surface area (TPSA) is 85.7 Å². The Balaban J connectivity index is 2.43. The van der Waals surface area contributed by atoms with Gasteiger partial charge in [0.2, 0.25) is 0 Å². The molecule has 0 spiro atoms. The largest absolute Gasteiger partial charge is 0.480 e. The van der Waals surface area contributed by atoms with Gasteiger partial charge in [0.25, 0.3) is 0 Å². The number of aliphatic hydroxyl groups excluding tert-OH is 1. The first-order valence-electron chi connectivity index (χ1n) is 8.49. The predicted molar refractivity (Wildman–Crippen MR) is 94.8 cm³/mol. The summed E-state index contributed by atoms with van der Waals surface area (Å²) >= 11 is 0. The smallest absolute Gasteiger partial charge is 0.327 e. The third-order valence-corrected chi connectivity index (χ3v) is 4.01. The maximum atomic E-state index is 13.5. The lowest BCUT2D eigenvalue weighted by atomic mass is 10.1. The van der Waals surface area contributed by atoms with Crippen LogP contribution in [0.4, 0.5) is 10.1 Å². The molecule has 7 heteroatoms. The van der Waals surface area contributed by atoms with Gasteiger partial charge in [-0.05, 0) is 24.6 Å². The van der Waals surface area contributed by atoms with E-state index in [1.165, 1.54) is 18.3 Å². The standard InChI is InChI=1S/C18H24FN3O3/c1-2-3-4-5-17(18(24)25)22(21-10-11-23)16-8-9-20-15-12-13(19)6-7-14(15)16/h6-9,12,17,21,23H,2-5,10-11H2,1H3,(H,24,25). The highest BCUT2D eigenvalue weighted by Gasteiger charge is 2.27. The van der Waals surface area contributed by atoms with Crippen molar-refractivity contribution in [2.45, 2.75) is 38.6 Å². The number of nitrogens with zero attached hydrogens (tertiary/aromatic N) is 2. The number of pyridine rings is 1. The number of unbranched alkanes of at least 4 members (excludes halogenated alkanes) is 2. The molecule has 0 amide bonds. The third kappa shape index (κ3) is 4.87. The summed E-state index contributed by atoms with van der Waals surface area (Å²) in [4.78, 5) is 16.0. The van der Waals surface area contributed by atoms with Crippen LogP contribution in [0.15, 0.2) is 30.5 Å². The number of hydrazine groups is 1. The summed E-state index contributed by atoms with van der Waals surface area (Å²) in [5.74, 6) is -1.35. The number of aliphatic hydroxyl groups is 1. The zero-order valence-corrected chi connectivity index (χ0v) is 14.3. The molecule has 1 unspecified atom stereocenters. The molecule has 0 saturated carbocycles. The predicted octanol–water partition coefficient (Wildman–Crippen LogP) is 2.71. The lowest BCUT2D eigenvalue weighted by Gasteiger charge is -2.32. The highest BCUT2D eigenvalue weighted by atomic mass is 19.1. The van der Waals surface area contributed by atoms with Crippen molar-refractivity contribution in [1.29, 1.82) is 0 Å². The fraction of sp³-hybridized carbons (Fsp3) is 0.444. The van der Waals surface area contributed by atoms with E-state index in [1.54, 1.807) is 17.1 Å². The van der Waals surface area contributed by atoms with Crippen LogP contribution in [0.2, 0.25) is 0 Å². The van der Waals surface area contributed by atoms with Crippen LogP contribution in [0.25, 0.3) is 10.9 Å². The SMILES string of the molecule is CCCCCC(C(=O)O)N(NCCO)c1ccnc2cc(F)ccc12. The lowest BCUT2D eigenvalue weighted by Crippen LogP contribution is -2.51. The molecular formula is C18H24FN3O3. The molecule has 0 aliphatic rings. The highest BCUT2D eigenvalue weighted by Crippen LogP contribution is 2.27. The number of aromatic nitrogens is 1. The molecule has 0 fully saturated rings. The van der Waals surface area contributed by atoms with E-state index in [-0.39, 0.29) is 13.2 Å². The Morgan fingerprint density at radius 3 is 2.84 bits per heavy atom. The van der Waals surface area contributed by atoms with Crippen molar-refractivity contribution in [2.24, 2.45) is 0 Å². The molecule has 2 aromatic rings. The van der Waals surface area contributed by atoms with Crippen molar-refractivity contribution in [3.63, 3.8) is 0 Å². The van der Waals surface area contributed by atoms with Crippen LogP contribution in [0.1, 0.15) is 32.6 Å². The average Bonchev–Trinajstić information content (AvgIpc) is 2.59. The summed E-state index contributed by atoms with van der Waals surface area (Å²) in [6, 6.07) is 5.13. The normalized spacial score (nSPS) is 12.3. The highest BCUT2D eigenvalue weighted by molar-refractivity contribution is 5.93. The Morgan fingerprint density at radius 2 is 2.16 bits per heavy atom. The van der Waals surface area contributed by atoms with E-state index in [2.05, 4.69) is 17.3 Å². The van der Waals surface area contributed by atoms with Gasteiger partial charge in [-0.3, -0.25) is 9.99 Å². The number of nitrogens with one attached hydrogen (secondary N) is 1. The molecule has 0 aliphatic heterocycles. The number of fused-ring (bicyclic) bond motifs is 1. The minimum atomic E-state index is -0.950. The van der Waals surface area contributed by atoms with Crippen LogP contribution in [0, 0.1) is 5.82 Å². The third-order valence-electron chi connectivity index (χ3n) is 4.01. The maximum absolute atomic E-state index is 13.5. The zero-order valence-electron chi connectivity index (χ0n) is 14.3. The van der Waals surface area contributed by atoms with Gasteiger partial charge in [-0.15, -0.1) is 0 Å². The van der Waals surface area contributed by atoms with E-state index >= 15 is 0 Å². The second kappa shape index (κ2) is 9.29. The molecule has 136 valence electrons. The number of rotatable bonds is 10. The van der Waals surface area contributed by atoms with Gasteiger partial charge >= 0.3 is 5.97 Å². The number of halogens is 1. The van der Waals surface area contributed by atoms with Crippen LogP contribution in [0.3, 0.4) is 0 Å². The first-order valence-corrected chi connectivity index (χ1v) is 8.49. The van der Waals surface area contributed by atoms with Crippen LogP contribution in [-0.4, -0.2) is 40.4 Å². The number of anilines is 1. The van der Waals surface area contributed by atoms with Gasteiger partial charge in [-0.2, -0.15) is 0 Å². The molecular weight excluding hydrogens is 325 g/mol. The molecule has 2 rings (SSSR count). The molecule has 1 heterocycles. The summed E-state index contributed by atoms with van der Waals surface area (Å²) in [5, 5.41) is 21.0. The number of carboxylic acid groups (broad SMARTS) is 1. The average molecular weight is 349 g/mol. The molecule has 6 nitrogen and oxygen atoms in total. The van der Waals surface area contributed by atoms with E-state index in [0.717, 1.165) is 19.3 Å². The second-order valence-electron chi connectivity index (χ2n) is 5.84. The number of hydrogen-bond donors (Lipinski definition) is 3. The molecule has 25 heavy (non-hydrogen) atoms. The first kappa shape index (κ1) is 19.1. The molecule has 1 aromatic carbocycles. The Hall–Kier alpha value is -2.25. The Labute approximate surface area is 146 Å².